The SMILES string of the molecule is Cc1ccc(-c2nc(CC3CCOC3)no2)cc1O. The van der Waals surface area contributed by atoms with Gasteiger partial charge < -0.3 is 14.4 Å². The molecule has 1 aromatic carbocycles. The Bertz CT molecular complexity index is 574. The number of aromatic hydroxyl groups is 1. The lowest BCUT2D eigenvalue weighted by molar-refractivity contribution is 0.185. The molecule has 0 amide bonds. The largest absolute Gasteiger partial charge is 0.508 e. The van der Waals surface area contributed by atoms with E-state index in [1.54, 1.807) is 6.07 Å². The van der Waals surface area contributed by atoms with Gasteiger partial charge in [-0.2, -0.15) is 4.98 Å². The van der Waals surface area contributed by atoms with E-state index in [0.29, 0.717) is 17.6 Å². The Morgan fingerprint density at radius 1 is 1.42 bits per heavy atom. The maximum atomic E-state index is 9.69. The number of nitrogens with zero attached hydrogens (tertiary/aromatic N) is 2. The van der Waals surface area contributed by atoms with Crippen molar-refractivity contribution in [3.63, 3.8) is 0 Å². The van der Waals surface area contributed by atoms with Gasteiger partial charge in [-0.3, -0.25) is 0 Å². The summed E-state index contributed by atoms with van der Waals surface area (Å²) in [6, 6.07) is 5.34. The first-order valence-electron chi connectivity index (χ1n) is 6.42. The molecule has 100 valence electrons. The lowest BCUT2D eigenvalue weighted by Gasteiger charge is -2.01. The normalized spacial score (nSPS) is 18.9. The number of ether oxygens (including phenoxy) is 1. The van der Waals surface area contributed by atoms with Crippen LogP contribution in [0.3, 0.4) is 0 Å². The predicted molar refractivity (Wildman–Crippen MR) is 68.8 cm³/mol. The second-order valence-corrected chi connectivity index (χ2v) is 4.95. The summed E-state index contributed by atoms with van der Waals surface area (Å²) in [5.74, 6) is 1.87. The predicted octanol–water partition coefficient (Wildman–Crippen LogP) is 2.33. The summed E-state index contributed by atoms with van der Waals surface area (Å²) >= 11 is 0. The van der Waals surface area contributed by atoms with Gasteiger partial charge in [0.25, 0.3) is 5.89 Å². The molecule has 0 saturated carbocycles. The van der Waals surface area contributed by atoms with Crippen LogP contribution in [0.5, 0.6) is 5.75 Å². The van der Waals surface area contributed by atoms with Crippen molar-refractivity contribution in [2.75, 3.05) is 13.2 Å². The Morgan fingerprint density at radius 3 is 3.05 bits per heavy atom. The first kappa shape index (κ1) is 12.2. The van der Waals surface area contributed by atoms with Crippen molar-refractivity contribution in [3.8, 4) is 17.2 Å². The molecule has 0 aliphatic carbocycles. The molecule has 1 aromatic heterocycles. The number of rotatable bonds is 3. The van der Waals surface area contributed by atoms with E-state index < -0.39 is 0 Å². The lowest BCUT2D eigenvalue weighted by Crippen LogP contribution is -2.04. The van der Waals surface area contributed by atoms with Gasteiger partial charge in [0.2, 0.25) is 0 Å². The zero-order valence-corrected chi connectivity index (χ0v) is 10.8. The number of benzene rings is 1. The number of aryl methyl sites for hydroxylation is 1. The van der Waals surface area contributed by atoms with Crippen LogP contribution in [0.2, 0.25) is 0 Å². The molecule has 19 heavy (non-hydrogen) atoms. The molecule has 1 aliphatic rings. The molecule has 2 heterocycles. The second-order valence-electron chi connectivity index (χ2n) is 4.95. The van der Waals surface area contributed by atoms with Crippen LogP contribution in [-0.4, -0.2) is 28.5 Å². The maximum Gasteiger partial charge on any atom is 0.258 e. The van der Waals surface area contributed by atoms with E-state index in [0.717, 1.165) is 37.2 Å². The van der Waals surface area contributed by atoms with Gasteiger partial charge in [-0.25, -0.2) is 0 Å². The molecule has 0 bridgehead atoms. The smallest absolute Gasteiger partial charge is 0.258 e. The van der Waals surface area contributed by atoms with Crippen LogP contribution in [0.15, 0.2) is 22.7 Å². The van der Waals surface area contributed by atoms with Crippen LogP contribution in [0.4, 0.5) is 0 Å². The average molecular weight is 260 g/mol. The summed E-state index contributed by atoms with van der Waals surface area (Å²) in [4.78, 5) is 4.37. The molecule has 5 heteroatoms. The van der Waals surface area contributed by atoms with Gasteiger partial charge in [-0.15, -0.1) is 0 Å². The van der Waals surface area contributed by atoms with E-state index in [-0.39, 0.29) is 5.75 Å². The summed E-state index contributed by atoms with van der Waals surface area (Å²) in [6.07, 6.45) is 1.83. The number of phenols is 1. The van der Waals surface area contributed by atoms with Crippen molar-refractivity contribution < 1.29 is 14.4 Å². The van der Waals surface area contributed by atoms with E-state index in [1.165, 1.54) is 0 Å². The first-order chi connectivity index (χ1) is 9.22. The fraction of sp³-hybridized carbons (Fsp3) is 0.429. The van der Waals surface area contributed by atoms with Crippen molar-refractivity contribution in [1.82, 2.24) is 10.1 Å². The number of hydrogen-bond acceptors (Lipinski definition) is 5. The number of hydrogen-bond donors (Lipinski definition) is 1. The Balaban J connectivity index is 1.78. The summed E-state index contributed by atoms with van der Waals surface area (Å²) in [7, 11) is 0. The van der Waals surface area contributed by atoms with Crippen LogP contribution in [-0.2, 0) is 11.2 Å². The Kier molecular flexibility index (Phi) is 3.21. The molecular formula is C14H16N2O3. The molecule has 0 spiro atoms. The Labute approximate surface area is 111 Å². The molecule has 2 aromatic rings. The molecule has 1 unspecified atom stereocenters. The number of phenolic OH excluding ortho intramolecular Hbond substituents is 1. The third-order valence-corrected chi connectivity index (χ3v) is 3.42. The van der Waals surface area contributed by atoms with Crippen molar-refractivity contribution in [1.29, 1.82) is 0 Å². The Hall–Kier alpha value is -1.88. The van der Waals surface area contributed by atoms with Crippen molar-refractivity contribution in [2.45, 2.75) is 19.8 Å². The van der Waals surface area contributed by atoms with Crippen molar-refractivity contribution in [3.05, 3.63) is 29.6 Å². The van der Waals surface area contributed by atoms with Crippen LogP contribution in [0.1, 0.15) is 17.8 Å². The minimum Gasteiger partial charge on any atom is -0.508 e. The fourth-order valence-electron chi connectivity index (χ4n) is 2.20. The summed E-state index contributed by atoms with van der Waals surface area (Å²) in [5, 5.41) is 13.7. The highest BCUT2D eigenvalue weighted by Gasteiger charge is 2.19. The minimum absolute atomic E-state index is 0.237. The summed E-state index contributed by atoms with van der Waals surface area (Å²) in [6.45, 7) is 3.44. The topological polar surface area (TPSA) is 68.4 Å². The molecule has 1 fully saturated rings. The fourth-order valence-corrected chi connectivity index (χ4v) is 2.20. The zero-order chi connectivity index (χ0) is 13.2. The van der Waals surface area contributed by atoms with E-state index >= 15 is 0 Å². The molecule has 1 saturated heterocycles. The van der Waals surface area contributed by atoms with Crippen molar-refractivity contribution in [2.24, 2.45) is 5.92 Å². The highest BCUT2D eigenvalue weighted by molar-refractivity contribution is 5.57. The monoisotopic (exact) mass is 260 g/mol. The van der Waals surface area contributed by atoms with E-state index in [2.05, 4.69) is 10.1 Å². The van der Waals surface area contributed by atoms with Gasteiger partial charge in [-0.1, -0.05) is 11.2 Å². The zero-order valence-electron chi connectivity index (χ0n) is 10.8. The molecule has 1 N–H and O–H groups in total. The Morgan fingerprint density at radius 2 is 2.32 bits per heavy atom. The highest BCUT2D eigenvalue weighted by Crippen LogP contribution is 2.25. The average Bonchev–Trinajstić information content (AvgIpc) is 3.05. The molecule has 3 rings (SSSR count). The molecule has 0 radical (unpaired) electrons. The van der Waals surface area contributed by atoms with Crippen LogP contribution in [0.25, 0.3) is 11.5 Å². The summed E-state index contributed by atoms with van der Waals surface area (Å²) < 4.78 is 10.6. The quantitative estimate of drug-likeness (QED) is 0.917. The standard InChI is InChI=1S/C14H16N2O3/c1-9-2-3-11(7-12(9)17)14-15-13(16-19-14)6-10-4-5-18-8-10/h2-3,7,10,17H,4-6,8H2,1H3. The lowest BCUT2D eigenvalue weighted by atomic mass is 10.1. The van der Waals surface area contributed by atoms with Gasteiger partial charge in [0.05, 0.1) is 0 Å². The molecule has 1 atom stereocenters. The first-order valence-corrected chi connectivity index (χ1v) is 6.42. The summed E-state index contributed by atoms with van der Waals surface area (Å²) in [5.41, 5.74) is 1.57. The van der Waals surface area contributed by atoms with Gasteiger partial charge >= 0.3 is 0 Å². The molecule has 5 nitrogen and oxygen atoms in total. The van der Waals surface area contributed by atoms with Gasteiger partial charge in [0, 0.05) is 25.2 Å². The van der Waals surface area contributed by atoms with E-state index in [1.807, 2.05) is 19.1 Å². The third kappa shape index (κ3) is 2.61. The van der Waals surface area contributed by atoms with Crippen LogP contribution in [0, 0.1) is 12.8 Å². The third-order valence-electron chi connectivity index (χ3n) is 3.42. The number of aromatic nitrogens is 2. The van der Waals surface area contributed by atoms with Crippen molar-refractivity contribution >= 4 is 0 Å². The highest BCUT2D eigenvalue weighted by atomic mass is 16.5. The molecular weight excluding hydrogens is 244 g/mol. The maximum absolute atomic E-state index is 9.69. The second kappa shape index (κ2) is 5.01. The van der Waals surface area contributed by atoms with E-state index in [9.17, 15) is 5.11 Å². The van der Waals surface area contributed by atoms with Gasteiger partial charge in [0.1, 0.15) is 5.75 Å². The van der Waals surface area contributed by atoms with Gasteiger partial charge in [0.15, 0.2) is 5.82 Å². The molecule has 1 aliphatic heterocycles. The van der Waals surface area contributed by atoms with Crippen LogP contribution >= 0.6 is 0 Å². The van der Waals surface area contributed by atoms with Crippen LogP contribution < -0.4 is 0 Å². The van der Waals surface area contributed by atoms with Gasteiger partial charge in [-0.05, 0) is 37.0 Å². The van der Waals surface area contributed by atoms with E-state index in [4.69, 9.17) is 9.26 Å². The minimum atomic E-state index is 0.237.